The van der Waals surface area contributed by atoms with Gasteiger partial charge < -0.3 is 4.52 Å². The monoisotopic (exact) mass is 275 g/mol. The summed E-state index contributed by atoms with van der Waals surface area (Å²) in [5, 5.41) is 4.85. The Balaban J connectivity index is 2.39. The van der Waals surface area contributed by atoms with Gasteiger partial charge in [-0.2, -0.15) is 0 Å². The van der Waals surface area contributed by atoms with Gasteiger partial charge in [0.25, 0.3) is 0 Å². The summed E-state index contributed by atoms with van der Waals surface area (Å²) >= 11 is 11.5. The second kappa shape index (κ2) is 5.69. The summed E-state index contributed by atoms with van der Waals surface area (Å²) in [5.74, 6) is 0.914. The molecular formula is C12H12Cl2FNO. The molecule has 2 nitrogen and oxygen atoms in total. The summed E-state index contributed by atoms with van der Waals surface area (Å²) in [7, 11) is 0. The third-order valence-electron chi connectivity index (χ3n) is 2.76. The van der Waals surface area contributed by atoms with Gasteiger partial charge in [0.15, 0.2) is 5.58 Å². The first-order valence-corrected chi connectivity index (χ1v) is 6.50. The number of rotatable bonds is 5. The molecule has 0 aliphatic carbocycles. The third-order valence-corrected chi connectivity index (χ3v) is 3.20. The first-order chi connectivity index (χ1) is 8.26. The van der Waals surface area contributed by atoms with E-state index in [0.29, 0.717) is 17.3 Å². The second-order valence-corrected chi connectivity index (χ2v) is 4.62. The molecule has 0 fully saturated rings. The van der Waals surface area contributed by atoms with E-state index in [1.165, 1.54) is 12.1 Å². The van der Waals surface area contributed by atoms with Gasteiger partial charge >= 0.3 is 0 Å². The van der Waals surface area contributed by atoms with Crippen molar-refractivity contribution in [1.82, 2.24) is 5.16 Å². The van der Waals surface area contributed by atoms with Crippen LogP contribution in [0.4, 0.5) is 4.39 Å². The number of nitrogens with zero attached hydrogens (tertiary/aromatic N) is 1. The van der Waals surface area contributed by atoms with E-state index in [-0.39, 0.29) is 11.7 Å². The van der Waals surface area contributed by atoms with Crippen molar-refractivity contribution in [3.63, 3.8) is 0 Å². The van der Waals surface area contributed by atoms with Crippen LogP contribution in [0.5, 0.6) is 0 Å². The minimum atomic E-state index is -0.327. The van der Waals surface area contributed by atoms with Crippen LogP contribution in [0.1, 0.15) is 24.5 Å². The molecule has 92 valence electrons. The van der Waals surface area contributed by atoms with Crippen molar-refractivity contribution in [2.45, 2.75) is 18.8 Å². The molecule has 0 N–H and O–H groups in total. The molecule has 0 aliphatic heterocycles. The first-order valence-electron chi connectivity index (χ1n) is 5.43. The van der Waals surface area contributed by atoms with Crippen LogP contribution < -0.4 is 0 Å². The second-order valence-electron chi connectivity index (χ2n) is 3.86. The SMILES string of the molecule is Fc1ccc2c(C(CCCl)CCCl)noc2c1. The van der Waals surface area contributed by atoms with E-state index in [9.17, 15) is 4.39 Å². The smallest absolute Gasteiger partial charge is 0.170 e. The van der Waals surface area contributed by atoms with E-state index in [0.717, 1.165) is 23.9 Å². The molecule has 5 heteroatoms. The predicted molar refractivity (Wildman–Crippen MR) is 67.4 cm³/mol. The number of benzene rings is 1. The number of hydrogen-bond acceptors (Lipinski definition) is 2. The molecule has 1 aromatic heterocycles. The fourth-order valence-electron chi connectivity index (χ4n) is 1.91. The van der Waals surface area contributed by atoms with Gasteiger partial charge in [-0.1, -0.05) is 5.16 Å². The Kier molecular flexibility index (Phi) is 4.24. The molecule has 0 amide bonds. The molecular weight excluding hydrogens is 264 g/mol. The molecule has 0 atom stereocenters. The van der Waals surface area contributed by atoms with E-state index in [1.54, 1.807) is 6.07 Å². The van der Waals surface area contributed by atoms with E-state index in [2.05, 4.69) is 5.16 Å². The van der Waals surface area contributed by atoms with E-state index < -0.39 is 0 Å². The van der Waals surface area contributed by atoms with Crippen LogP contribution in [0.25, 0.3) is 11.0 Å². The summed E-state index contributed by atoms with van der Waals surface area (Å²) in [6.07, 6.45) is 1.57. The Morgan fingerprint density at radius 2 is 1.94 bits per heavy atom. The molecule has 0 unspecified atom stereocenters. The number of hydrogen-bond donors (Lipinski definition) is 0. The summed E-state index contributed by atoms with van der Waals surface area (Å²) in [6.45, 7) is 0. The van der Waals surface area contributed by atoms with Crippen molar-refractivity contribution in [2.24, 2.45) is 0 Å². The van der Waals surface area contributed by atoms with Crippen LogP contribution >= 0.6 is 23.2 Å². The molecule has 0 saturated carbocycles. The quantitative estimate of drug-likeness (QED) is 0.760. The average Bonchev–Trinajstić information content (AvgIpc) is 2.71. The van der Waals surface area contributed by atoms with Crippen LogP contribution in [0.2, 0.25) is 0 Å². The fourth-order valence-corrected chi connectivity index (χ4v) is 2.43. The van der Waals surface area contributed by atoms with Crippen molar-refractivity contribution < 1.29 is 8.91 Å². The Morgan fingerprint density at radius 3 is 2.59 bits per heavy atom. The van der Waals surface area contributed by atoms with Crippen LogP contribution in [0.15, 0.2) is 22.7 Å². The molecule has 0 spiro atoms. The van der Waals surface area contributed by atoms with Gasteiger partial charge in [0, 0.05) is 29.1 Å². The Labute approximate surface area is 109 Å². The van der Waals surface area contributed by atoms with Crippen molar-refractivity contribution in [1.29, 1.82) is 0 Å². The zero-order chi connectivity index (χ0) is 12.3. The van der Waals surface area contributed by atoms with Crippen LogP contribution in [0, 0.1) is 5.82 Å². The third kappa shape index (κ3) is 2.72. The van der Waals surface area contributed by atoms with Crippen molar-refractivity contribution in [3.05, 3.63) is 29.7 Å². The van der Waals surface area contributed by atoms with Crippen LogP contribution in [0.3, 0.4) is 0 Å². The number of alkyl halides is 2. The molecule has 2 rings (SSSR count). The molecule has 1 heterocycles. The van der Waals surface area contributed by atoms with Gasteiger partial charge in [-0.25, -0.2) is 4.39 Å². The van der Waals surface area contributed by atoms with Crippen LogP contribution in [-0.2, 0) is 0 Å². The average molecular weight is 276 g/mol. The minimum Gasteiger partial charge on any atom is -0.356 e. The zero-order valence-corrected chi connectivity index (χ0v) is 10.6. The minimum absolute atomic E-state index is 0.164. The number of halogens is 3. The Bertz CT molecular complexity index is 494. The lowest BCUT2D eigenvalue weighted by Gasteiger charge is -2.10. The maximum atomic E-state index is 13.0. The lowest BCUT2D eigenvalue weighted by Crippen LogP contribution is -2.01. The van der Waals surface area contributed by atoms with E-state index >= 15 is 0 Å². The van der Waals surface area contributed by atoms with Gasteiger partial charge in [0.2, 0.25) is 0 Å². The highest BCUT2D eigenvalue weighted by molar-refractivity contribution is 6.18. The zero-order valence-electron chi connectivity index (χ0n) is 9.13. The van der Waals surface area contributed by atoms with Crippen LogP contribution in [-0.4, -0.2) is 16.9 Å². The Morgan fingerprint density at radius 1 is 1.24 bits per heavy atom. The van der Waals surface area contributed by atoms with Gasteiger partial charge in [-0.3, -0.25) is 0 Å². The number of aromatic nitrogens is 1. The highest BCUT2D eigenvalue weighted by atomic mass is 35.5. The number of fused-ring (bicyclic) bond motifs is 1. The molecule has 2 aromatic rings. The Hall–Kier alpha value is -0.800. The van der Waals surface area contributed by atoms with E-state index in [1.807, 2.05) is 0 Å². The highest BCUT2D eigenvalue weighted by Crippen LogP contribution is 2.30. The summed E-state index contributed by atoms with van der Waals surface area (Å²) in [6, 6.07) is 4.43. The van der Waals surface area contributed by atoms with E-state index in [4.69, 9.17) is 27.7 Å². The van der Waals surface area contributed by atoms with Crippen molar-refractivity contribution in [2.75, 3.05) is 11.8 Å². The predicted octanol–water partition coefficient (Wildman–Crippen LogP) is 4.31. The summed E-state index contributed by atoms with van der Waals surface area (Å²) in [5.41, 5.74) is 1.29. The van der Waals surface area contributed by atoms with Gasteiger partial charge in [-0.05, 0) is 25.0 Å². The molecule has 1 aromatic carbocycles. The standard InChI is InChI=1S/C12H12Cl2FNO/c13-5-3-8(4-6-14)12-10-2-1-9(15)7-11(10)17-16-12/h1-2,7-8H,3-6H2. The maximum Gasteiger partial charge on any atom is 0.170 e. The fraction of sp³-hybridized carbons (Fsp3) is 0.417. The first kappa shape index (κ1) is 12.7. The lowest BCUT2D eigenvalue weighted by molar-refractivity contribution is 0.432. The summed E-state index contributed by atoms with van der Waals surface area (Å²) in [4.78, 5) is 0. The van der Waals surface area contributed by atoms with Crippen molar-refractivity contribution >= 4 is 34.2 Å². The van der Waals surface area contributed by atoms with Gasteiger partial charge in [0.05, 0.1) is 5.69 Å². The molecule has 0 saturated heterocycles. The normalized spacial score (nSPS) is 11.5. The van der Waals surface area contributed by atoms with Gasteiger partial charge in [0.1, 0.15) is 5.82 Å². The largest absolute Gasteiger partial charge is 0.356 e. The molecule has 0 aliphatic rings. The summed E-state index contributed by atoms with van der Waals surface area (Å²) < 4.78 is 18.1. The van der Waals surface area contributed by atoms with Gasteiger partial charge in [-0.15, -0.1) is 23.2 Å². The lowest BCUT2D eigenvalue weighted by atomic mass is 9.96. The van der Waals surface area contributed by atoms with Crippen molar-refractivity contribution in [3.8, 4) is 0 Å². The highest BCUT2D eigenvalue weighted by Gasteiger charge is 2.18. The molecule has 0 bridgehead atoms. The maximum absolute atomic E-state index is 13.0. The molecule has 17 heavy (non-hydrogen) atoms. The topological polar surface area (TPSA) is 26.0 Å². The molecule has 0 radical (unpaired) electrons.